The summed E-state index contributed by atoms with van der Waals surface area (Å²) in [7, 11) is 0. The molecule has 0 saturated carbocycles. The fourth-order valence-electron chi connectivity index (χ4n) is 3.30. The molecule has 0 spiro atoms. The van der Waals surface area contributed by atoms with Crippen molar-refractivity contribution in [1.82, 2.24) is 0 Å². The largest absolute Gasteiger partial charge is 0.550 e. The van der Waals surface area contributed by atoms with Crippen molar-refractivity contribution in [3.63, 3.8) is 0 Å². The third kappa shape index (κ3) is 56.4. The van der Waals surface area contributed by atoms with Gasteiger partial charge in [-0.1, -0.05) is 101 Å². The summed E-state index contributed by atoms with van der Waals surface area (Å²) in [4.78, 5) is 30.1. The quantitative estimate of drug-likeness (QED) is 0.252. The van der Waals surface area contributed by atoms with Crippen molar-refractivity contribution in [3.8, 4) is 0 Å². The number of carboxylic acid groups (broad SMARTS) is 3. The maximum atomic E-state index is 10.0. The van der Waals surface area contributed by atoms with Gasteiger partial charge in [-0.15, -0.1) is 0 Å². The molecule has 37 heavy (non-hydrogen) atoms. The van der Waals surface area contributed by atoms with E-state index >= 15 is 0 Å². The number of aliphatic carboxylic acids is 3. The standard InChI is InChI=1S/3C10H20O2.V/c3*1-10(2,3)8-6-4-5-7-9(11)12;/h3*4-8H2,1-3H3,(H,11,12);/p-3. The summed E-state index contributed by atoms with van der Waals surface area (Å²) in [6.45, 7) is 19.8. The topological polar surface area (TPSA) is 120 Å². The van der Waals surface area contributed by atoms with E-state index in [9.17, 15) is 29.7 Å². The molecule has 0 fully saturated rings. The SMILES string of the molecule is CC(C)(C)CCCCCC(=O)[O-].CC(C)(C)CCCCCC(=O)[O-].CC(C)(C)CCCCCC(=O)[O-].[V]. The number of hydrogen-bond acceptors (Lipinski definition) is 6. The summed E-state index contributed by atoms with van der Waals surface area (Å²) in [5.41, 5.74) is 1.13. The average molecular weight is 565 g/mol. The first kappa shape index (κ1) is 43.1. The first-order valence-corrected chi connectivity index (χ1v) is 13.8. The summed E-state index contributed by atoms with van der Waals surface area (Å²) in [6, 6.07) is 0. The molecule has 0 aliphatic rings. The van der Waals surface area contributed by atoms with Crippen LogP contribution in [0.2, 0.25) is 0 Å². The van der Waals surface area contributed by atoms with Crippen LogP contribution < -0.4 is 15.3 Å². The molecule has 0 atom stereocenters. The van der Waals surface area contributed by atoms with E-state index in [0.717, 1.165) is 57.8 Å². The van der Waals surface area contributed by atoms with Crippen molar-refractivity contribution in [2.75, 3.05) is 0 Å². The first-order valence-electron chi connectivity index (χ1n) is 13.8. The second kappa shape index (κ2) is 24.1. The minimum absolute atomic E-state index is 0. The maximum Gasteiger partial charge on any atom is 0.0414 e. The predicted octanol–water partition coefficient (Wildman–Crippen LogP) is 5.20. The Hall–Kier alpha value is -1.01. The fraction of sp³-hybridized carbons (Fsp3) is 0.900. The van der Waals surface area contributed by atoms with Crippen LogP contribution in [0.4, 0.5) is 0 Å². The Labute approximate surface area is 240 Å². The molecule has 0 unspecified atom stereocenters. The molecule has 7 heteroatoms. The predicted molar refractivity (Wildman–Crippen MR) is 143 cm³/mol. The molecular formula is C30H57O6V-3. The van der Waals surface area contributed by atoms with Gasteiger partial charge in [0.05, 0.1) is 0 Å². The Morgan fingerprint density at radius 2 is 0.595 bits per heavy atom. The fourth-order valence-corrected chi connectivity index (χ4v) is 3.30. The van der Waals surface area contributed by atoms with Crippen LogP contribution in [0.3, 0.4) is 0 Å². The molecule has 6 nitrogen and oxygen atoms in total. The molecule has 0 rings (SSSR count). The summed E-state index contributed by atoms with van der Waals surface area (Å²) in [6.07, 6.45) is 12.8. The maximum absolute atomic E-state index is 10.0. The van der Waals surface area contributed by atoms with E-state index in [4.69, 9.17) is 0 Å². The number of rotatable bonds is 15. The molecule has 0 N–H and O–H groups in total. The summed E-state index contributed by atoms with van der Waals surface area (Å²) in [5, 5.41) is 30.1. The molecule has 0 bridgehead atoms. The molecule has 0 heterocycles. The number of hydrogen-bond donors (Lipinski definition) is 0. The van der Waals surface area contributed by atoms with E-state index in [-0.39, 0.29) is 37.8 Å². The van der Waals surface area contributed by atoms with Crippen molar-refractivity contribution in [3.05, 3.63) is 0 Å². The molecule has 221 valence electrons. The molecular weight excluding hydrogens is 507 g/mol. The third-order valence-electron chi connectivity index (χ3n) is 5.42. The van der Waals surface area contributed by atoms with Crippen molar-refractivity contribution in [2.45, 2.75) is 159 Å². The zero-order valence-electron chi connectivity index (χ0n) is 25.5. The number of carbonyl (C=O) groups is 3. The van der Waals surface area contributed by atoms with Crippen LogP contribution in [0, 0.1) is 16.2 Å². The molecule has 0 aromatic rings. The average Bonchev–Trinajstić information content (AvgIpc) is 2.65. The third-order valence-corrected chi connectivity index (χ3v) is 5.42. The minimum Gasteiger partial charge on any atom is -0.550 e. The first-order chi connectivity index (χ1) is 16.2. The summed E-state index contributed by atoms with van der Waals surface area (Å²) >= 11 is 0. The van der Waals surface area contributed by atoms with Gasteiger partial charge in [0.25, 0.3) is 0 Å². The van der Waals surface area contributed by atoms with E-state index in [2.05, 4.69) is 62.3 Å². The van der Waals surface area contributed by atoms with Crippen molar-refractivity contribution in [1.29, 1.82) is 0 Å². The van der Waals surface area contributed by atoms with E-state index in [1.165, 1.54) is 19.3 Å². The van der Waals surface area contributed by atoms with Crippen molar-refractivity contribution >= 4 is 17.9 Å². The molecule has 1 radical (unpaired) electrons. The van der Waals surface area contributed by atoms with E-state index in [0.29, 0.717) is 16.2 Å². The summed E-state index contributed by atoms with van der Waals surface area (Å²) < 4.78 is 0. The smallest absolute Gasteiger partial charge is 0.0414 e. The van der Waals surface area contributed by atoms with Crippen LogP contribution in [-0.2, 0) is 32.9 Å². The number of unbranched alkanes of at least 4 members (excludes halogenated alkanes) is 6. The zero-order valence-corrected chi connectivity index (χ0v) is 26.9. The molecule has 0 aromatic carbocycles. The van der Waals surface area contributed by atoms with Gasteiger partial charge in [-0.05, 0) is 74.0 Å². The molecule has 0 aliphatic heterocycles. The van der Waals surface area contributed by atoms with E-state index < -0.39 is 17.9 Å². The van der Waals surface area contributed by atoms with Gasteiger partial charge in [-0.2, -0.15) is 0 Å². The van der Waals surface area contributed by atoms with E-state index in [1.54, 1.807) is 0 Å². The second-order valence-corrected chi connectivity index (χ2v) is 13.5. The monoisotopic (exact) mass is 564 g/mol. The van der Waals surface area contributed by atoms with Crippen LogP contribution >= 0.6 is 0 Å². The van der Waals surface area contributed by atoms with Crippen LogP contribution in [0.1, 0.15) is 159 Å². The van der Waals surface area contributed by atoms with Gasteiger partial charge in [-0.3, -0.25) is 0 Å². The molecule has 0 aliphatic carbocycles. The summed E-state index contributed by atoms with van der Waals surface area (Å²) in [5.74, 6) is -2.78. The van der Waals surface area contributed by atoms with Gasteiger partial charge in [0.2, 0.25) is 0 Å². The molecule has 0 aromatic heterocycles. The van der Waals surface area contributed by atoms with Crippen LogP contribution in [0.5, 0.6) is 0 Å². The Balaban J connectivity index is -0.000000218. The van der Waals surface area contributed by atoms with Gasteiger partial charge < -0.3 is 29.7 Å². The van der Waals surface area contributed by atoms with Crippen LogP contribution in [-0.4, -0.2) is 17.9 Å². The second-order valence-electron chi connectivity index (χ2n) is 13.5. The zero-order chi connectivity index (χ0) is 28.8. The van der Waals surface area contributed by atoms with Gasteiger partial charge in [-0.25, -0.2) is 0 Å². The minimum atomic E-state index is -0.925. The van der Waals surface area contributed by atoms with Crippen molar-refractivity contribution < 1.29 is 48.3 Å². The normalized spacial score (nSPS) is 11.3. The molecule has 0 amide bonds. The Morgan fingerprint density at radius 1 is 0.405 bits per heavy atom. The Morgan fingerprint density at radius 3 is 0.730 bits per heavy atom. The Bertz CT molecular complexity index is 487. The van der Waals surface area contributed by atoms with E-state index in [1.807, 2.05) is 0 Å². The van der Waals surface area contributed by atoms with Gasteiger partial charge in [0.15, 0.2) is 0 Å². The Kier molecular flexibility index (Phi) is 28.0. The van der Waals surface area contributed by atoms with Crippen LogP contribution in [0.25, 0.3) is 0 Å². The molecule has 0 saturated heterocycles. The number of carboxylic acids is 3. The van der Waals surface area contributed by atoms with Crippen molar-refractivity contribution in [2.24, 2.45) is 16.2 Å². The van der Waals surface area contributed by atoms with Crippen LogP contribution in [0.15, 0.2) is 0 Å². The van der Waals surface area contributed by atoms with Gasteiger partial charge in [0.1, 0.15) is 0 Å². The van der Waals surface area contributed by atoms with Gasteiger partial charge in [0, 0.05) is 36.5 Å². The van der Waals surface area contributed by atoms with Gasteiger partial charge >= 0.3 is 0 Å². The number of carbonyl (C=O) groups excluding carboxylic acids is 3.